The summed E-state index contributed by atoms with van der Waals surface area (Å²) in [5.74, 6) is 0. The van der Waals surface area contributed by atoms with Crippen molar-refractivity contribution < 1.29 is 0 Å². The fourth-order valence-corrected chi connectivity index (χ4v) is 5.40. The van der Waals surface area contributed by atoms with Crippen LogP contribution < -0.4 is 10.2 Å². The zero-order chi connectivity index (χ0) is 20.2. The Labute approximate surface area is 173 Å². The third-order valence-corrected chi connectivity index (χ3v) is 7.18. The van der Waals surface area contributed by atoms with E-state index in [-0.39, 0.29) is 11.0 Å². The van der Waals surface area contributed by atoms with E-state index in [2.05, 4.69) is 103 Å². The van der Waals surface area contributed by atoms with Crippen molar-refractivity contribution in [1.82, 2.24) is 5.32 Å². The molecular weight excluding hydrogens is 352 g/mol. The van der Waals surface area contributed by atoms with E-state index >= 15 is 0 Å². The van der Waals surface area contributed by atoms with Crippen LogP contribution in [0.15, 0.2) is 79.0 Å². The number of anilines is 1. The van der Waals surface area contributed by atoms with Crippen LogP contribution in [0.25, 0.3) is 16.8 Å². The fourth-order valence-electron chi connectivity index (χ4n) is 5.40. The van der Waals surface area contributed by atoms with Gasteiger partial charge in [0.1, 0.15) is 0 Å². The van der Waals surface area contributed by atoms with Crippen molar-refractivity contribution in [3.05, 3.63) is 95.7 Å². The van der Waals surface area contributed by atoms with Gasteiger partial charge in [0.2, 0.25) is 0 Å². The summed E-state index contributed by atoms with van der Waals surface area (Å²) in [6, 6.07) is 22.2. The Morgan fingerprint density at radius 2 is 1.79 bits per heavy atom. The third kappa shape index (κ3) is 2.42. The Bertz CT molecular complexity index is 1150. The van der Waals surface area contributed by atoms with Gasteiger partial charge in [0.05, 0.1) is 12.1 Å². The van der Waals surface area contributed by atoms with Gasteiger partial charge in [-0.25, -0.2) is 0 Å². The number of nitrogens with zero attached hydrogens (tertiary/aromatic N) is 1. The molecule has 3 aromatic rings. The normalized spacial score (nSPS) is 21.3. The third-order valence-electron chi connectivity index (χ3n) is 7.18. The molecule has 2 nitrogen and oxygen atoms in total. The lowest BCUT2D eigenvalue weighted by Crippen LogP contribution is -2.57. The lowest BCUT2D eigenvalue weighted by molar-refractivity contribution is 0.322. The Kier molecular flexibility index (Phi) is 3.89. The largest absolute Gasteiger partial charge is 0.390 e. The molecule has 3 aromatic carbocycles. The maximum absolute atomic E-state index is 4.24. The first-order valence-corrected chi connectivity index (χ1v) is 10.4. The number of likely N-dealkylation sites (N-methyl/N-ethyl adjacent to an activating group) is 1. The van der Waals surface area contributed by atoms with Crippen molar-refractivity contribution in [3.8, 4) is 0 Å². The number of rotatable bonds is 3. The molecule has 146 valence electrons. The Balaban J connectivity index is 1.70. The molecule has 29 heavy (non-hydrogen) atoms. The molecule has 0 amide bonds. The van der Waals surface area contributed by atoms with Crippen LogP contribution in [0.3, 0.4) is 0 Å². The minimum absolute atomic E-state index is 0.0164. The van der Waals surface area contributed by atoms with Crippen LogP contribution in [0.2, 0.25) is 0 Å². The summed E-state index contributed by atoms with van der Waals surface area (Å²) in [6.45, 7) is 9.83. The van der Waals surface area contributed by atoms with Crippen LogP contribution in [0, 0.1) is 0 Å². The predicted octanol–water partition coefficient (Wildman–Crippen LogP) is 5.68. The lowest BCUT2D eigenvalue weighted by Gasteiger charge is -2.48. The lowest BCUT2D eigenvalue weighted by atomic mass is 9.65. The first-order chi connectivity index (χ1) is 14.0. The quantitative estimate of drug-likeness (QED) is 0.629. The Hall–Kier alpha value is -3.00. The summed E-state index contributed by atoms with van der Waals surface area (Å²) in [6.07, 6.45) is 5.82. The first kappa shape index (κ1) is 18.1. The van der Waals surface area contributed by atoms with E-state index in [0.29, 0.717) is 0 Å². The minimum Gasteiger partial charge on any atom is -0.390 e. The van der Waals surface area contributed by atoms with E-state index < -0.39 is 0 Å². The molecule has 1 heterocycles. The summed E-state index contributed by atoms with van der Waals surface area (Å²) in [5, 5.41) is 5.90. The van der Waals surface area contributed by atoms with E-state index in [4.69, 9.17) is 0 Å². The molecule has 2 aliphatic rings. The summed E-state index contributed by atoms with van der Waals surface area (Å²) >= 11 is 0. The van der Waals surface area contributed by atoms with Crippen LogP contribution in [0.4, 0.5) is 5.69 Å². The van der Waals surface area contributed by atoms with E-state index in [0.717, 1.165) is 18.7 Å². The van der Waals surface area contributed by atoms with Gasteiger partial charge in [0, 0.05) is 30.3 Å². The van der Waals surface area contributed by atoms with E-state index in [9.17, 15) is 0 Å². The molecule has 1 atom stereocenters. The van der Waals surface area contributed by atoms with Crippen LogP contribution in [-0.4, -0.2) is 19.1 Å². The zero-order valence-electron chi connectivity index (χ0n) is 17.5. The van der Waals surface area contributed by atoms with Gasteiger partial charge in [-0.05, 0) is 33.5 Å². The van der Waals surface area contributed by atoms with Crippen LogP contribution in [0.1, 0.15) is 30.5 Å². The highest BCUT2D eigenvalue weighted by molar-refractivity contribution is 5.93. The van der Waals surface area contributed by atoms with Crippen molar-refractivity contribution in [2.24, 2.45) is 0 Å². The molecule has 1 aliphatic carbocycles. The van der Waals surface area contributed by atoms with Crippen molar-refractivity contribution in [1.29, 1.82) is 0 Å². The maximum Gasteiger partial charge on any atom is 0.0724 e. The number of benzene rings is 3. The van der Waals surface area contributed by atoms with Crippen molar-refractivity contribution >= 4 is 22.5 Å². The van der Waals surface area contributed by atoms with Crippen molar-refractivity contribution in [3.63, 3.8) is 0 Å². The second-order valence-corrected chi connectivity index (χ2v) is 8.88. The van der Waals surface area contributed by atoms with Gasteiger partial charge in [0.15, 0.2) is 0 Å². The minimum atomic E-state index is -0.119. The molecule has 1 unspecified atom stereocenters. The molecule has 0 radical (unpaired) electrons. The smallest absolute Gasteiger partial charge is 0.0724 e. The second-order valence-electron chi connectivity index (χ2n) is 8.88. The summed E-state index contributed by atoms with van der Waals surface area (Å²) in [5.41, 5.74) is 6.43. The molecule has 1 spiro atoms. The zero-order valence-corrected chi connectivity index (χ0v) is 17.5. The SMILES string of the molecule is C=C(CN1c2ccccc2C(C)(C)C12C=Cc1c(ccc3ccccc13)C2)NC. The molecular formula is C27H28N2. The van der Waals surface area contributed by atoms with E-state index in [1.165, 1.54) is 33.2 Å². The van der Waals surface area contributed by atoms with Gasteiger partial charge in [-0.15, -0.1) is 0 Å². The van der Waals surface area contributed by atoms with Crippen molar-refractivity contribution in [2.75, 3.05) is 18.5 Å². The second kappa shape index (κ2) is 6.25. The Morgan fingerprint density at radius 3 is 2.62 bits per heavy atom. The number of fused-ring (bicyclic) bond motifs is 4. The molecule has 1 N–H and O–H groups in total. The molecule has 0 saturated heterocycles. The van der Waals surface area contributed by atoms with Crippen LogP contribution in [0.5, 0.6) is 0 Å². The van der Waals surface area contributed by atoms with Gasteiger partial charge in [-0.1, -0.05) is 87.2 Å². The Morgan fingerprint density at radius 1 is 1.03 bits per heavy atom. The van der Waals surface area contributed by atoms with E-state index in [1.807, 2.05) is 7.05 Å². The molecule has 5 rings (SSSR count). The van der Waals surface area contributed by atoms with E-state index in [1.54, 1.807) is 0 Å². The molecule has 0 saturated carbocycles. The van der Waals surface area contributed by atoms with Crippen LogP contribution >= 0.6 is 0 Å². The van der Waals surface area contributed by atoms with Crippen LogP contribution in [-0.2, 0) is 11.8 Å². The number of nitrogens with one attached hydrogen (secondary N) is 1. The molecule has 0 fully saturated rings. The summed E-state index contributed by atoms with van der Waals surface area (Å²) in [7, 11) is 1.96. The van der Waals surface area contributed by atoms with Gasteiger partial charge in [0.25, 0.3) is 0 Å². The number of para-hydroxylation sites is 1. The monoisotopic (exact) mass is 380 g/mol. The number of hydrogen-bond acceptors (Lipinski definition) is 2. The molecule has 2 heteroatoms. The standard InChI is InChI=1S/C27H28N2/c1-19(28-4)18-29-25-12-8-7-11-24(25)26(2,3)27(29)16-15-23-21(17-27)14-13-20-9-5-6-10-22(20)23/h5-16,28H,1,17-18H2,2-4H3. The first-order valence-electron chi connectivity index (χ1n) is 10.4. The fraction of sp³-hybridized carbons (Fsp3) is 0.259. The molecule has 0 aromatic heterocycles. The molecule has 1 aliphatic heterocycles. The van der Waals surface area contributed by atoms with Gasteiger partial charge >= 0.3 is 0 Å². The highest BCUT2D eigenvalue weighted by Gasteiger charge is 2.56. The highest BCUT2D eigenvalue weighted by atomic mass is 15.3. The average Bonchev–Trinajstić information content (AvgIpc) is 2.92. The topological polar surface area (TPSA) is 15.3 Å². The average molecular weight is 381 g/mol. The summed E-state index contributed by atoms with van der Waals surface area (Å²) in [4.78, 5) is 2.57. The van der Waals surface area contributed by atoms with Crippen molar-refractivity contribution in [2.45, 2.75) is 31.2 Å². The summed E-state index contributed by atoms with van der Waals surface area (Å²) < 4.78 is 0. The highest BCUT2D eigenvalue weighted by Crippen LogP contribution is 2.55. The molecule has 0 bridgehead atoms. The van der Waals surface area contributed by atoms with Gasteiger partial charge in [-0.2, -0.15) is 0 Å². The predicted molar refractivity (Wildman–Crippen MR) is 124 cm³/mol. The van der Waals surface area contributed by atoms with Gasteiger partial charge in [-0.3, -0.25) is 0 Å². The maximum atomic E-state index is 4.24. The van der Waals surface area contributed by atoms with Gasteiger partial charge < -0.3 is 10.2 Å². The number of hydrogen-bond donors (Lipinski definition) is 1.